The van der Waals surface area contributed by atoms with Crippen LogP contribution in [0, 0.1) is 0 Å². The SMILES string of the molecule is c1ccc(N(c2ccccc2)c2ccc(N(c3ccc(N(c4ccccc4)c4ccccc4)cc3)c3ccc4[se]c5ccccc5c4c3)cc2)cc1. The Hall–Kier alpha value is -6.32. The fourth-order valence-electron chi connectivity index (χ4n) is 7.00. The van der Waals surface area contributed by atoms with Crippen LogP contribution in [0.25, 0.3) is 19.3 Å². The van der Waals surface area contributed by atoms with Gasteiger partial charge in [-0.3, -0.25) is 0 Å². The normalized spacial score (nSPS) is 11.1. The van der Waals surface area contributed by atoms with Crippen molar-refractivity contribution >= 4 is 85.0 Å². The summed E-state index contributed by atoms with van der Waals surface area (Å²) in [5.41, 5.74) is 10.0. The minimum atomic E-state index is 0.315. The van der Waals surface area contributed by atoms with Crippen molar-refractivity contribution in [2.24, 2.45) is 0 Å². The Kier molecular flexibility index (Phi) is 8.60. The molecule has 1 heterocycles. The van der Waals surface area contributed by atoms with Crippen molar-refractivity contribution < 1.29 is 0 Å². The second-order valence-electron chi connectivity index (χ2n) is 12.7. The average molecular weight is 733 g/mol. The molecule has 0 aliphatic rings. The van der Waals surface area contributed by atoms with Crippen LogP contribution < -0.4 is 14.7 Å². The summed E-state index contributed by atoms with van der Waals surface area (Å²) in [5.74, 6) is 0. The number of para-hydroxylation sites is 4. The van der Waals surface area contributed by atoms with E-state index >= 15 is 0 Å². The Labute approximate surface area is 310 Å². The summed E-state index contributed by atoms with van der Waals surface area (Å²) in [7, 11) is 0. The fraction of sp³-hybridized carbons (Fsp3) is 0. The summed E-state index contributed by atoms with van der Waals surface area (Å²) in [6, 6.07) is 76.0. The van der Waals surface area contributed by atoms with Crippen LogP contribution >= 0.6 is 0 Å². The quantitative estimate of drug-likeness (QED) is 0.137. The van der Waals surface area contributed by atoms with Crippen molar-refractivity contribution in [2.45, 2.75) is 0 Å². The molecule has 0 atom stereocenters. The van der Waals surface area contributed by atoms with Crippen LogP contribution in [0.15, 0.2) is 212 Å². The summed E-state index contributed by atoms with van der Waals surface area (Å²) in [6.07, 6.45) is 0. The molecule has 3 nitrogen and oxygen atoms in total. The third kappa shape index (κ3) is 6.16. The summed E-state index contributed by atoms with van der Waals surface area (Å²) in [5, 5.41) is 2.69. The minimum absolute atomic E-state index is 0.315. The summed E-state index contributed by atoms with van der Waals surface area (Å²) in [6.45, 7) is 0. The van der Waals surface area contributed by atoms with Crippen LogP contribution in [-0.2, 0) is 0 Å². The van der Waals surface area contributed by atoms with Crippen molar-refractivity contribution in [1.82, 2.24) is 0 Å². The zero-order valence-corrected chi connectivity index (χ0v) is 30.2. The molecule has 0 N–H and O–H groups in total. The van der Waals surface area contributed by atoms with Crippen LogP contribution in [0.4, 0.5) is 51.2 Å². The van der Waals surface area contributed by atoms with E-state index < -0.39 is 0 Å². The molecule has 9 aromatic rings. The molecule has 0 aliphatic heterocycles. The van der Waals surface area contributed by atoms with Gasteiger partial charge in [0.25, 0.3) is 0 Å². The summed E-state index contributed by atoms with van der Waals surface area (Å²) in [4.78, 5) is 6.99. The minimum Gasteiger partial charge on any atom is -0.0602 e. The summed E-state index contributed by atoms with van der Waals surface area (Å²) < 4.78 is 2.89. The molecule has 0 saturated carbocycles. The number of nitrogens with zero attached hydrogens (tertiary/aromatic N) is 3. The first-order chi connectivity index (χ1) is 25.8. The molecule has 0 radical (unpaired) electrons. The third-order valence-electron chi connectivity index (χ3n) is 9.41. The average Bonchev–Trinajstić information content (AvgIpc) is 3.59. The number of fused-ring (bicyclic) bond motifs is 3. The van der Waals surface area contributed by atoms with Crippen LogP contribution in [0.2, 0.25) is 0 Å². The zero-order chi connectivity index (χ0) is 34.7. The van der Waals surface area contributed by atoms with Gasteiger partial charge in [0.2, 0.25) is 0 Å². The predicted octanol–water partition coefficient (Wildman–Crippen LogP) is 13.5. The van der Waals surface area contributed by atoms with E-state index in [1.54, 1.807) is 0 Å². The Morgan fingerprint density at radius 2 is 0.519 bits per heavy atom. The molecule has 248 valence electrons. The molecule has 0 amide bonds. The van der Waals surface area contributed by atoms with Gasteiger partial charge in [0.15, 0.2) is 0 Å². The monoisotopic (exact) mass is 733 g/mol. The van der Waals surface area contributed by atoms with Crippen LogP contribution in [-0.4, -0.2) is 14.5 Å². The number of hydrogen-bond donors (Lipinski definition) is 0. The van der Waals surface area contributed by atoms with E-state index in [9.17, 15) is 0 Å². The van der Waals surface area contributed by atoms with E-state index in [-0.39, 0.29) is 0 Å². The van der Waals surface area contributed by atoms with Crippen LogP contribution in [0.3, 0.4) is 0 Å². The first-order valence-corrected chi connectivity index (χ1v) is 19.2. The standard InChI is InChI=1S/C48H35N3Se/c1-5-15-36(16-6-1)49(37-17-7-2-8-18-37)40-25-29-42(30-26-40)51(44-33-34-48-46(35-44)45-23-13-14-24-47(45)52-48)43-31-27-41(28-32-43)50(38-19-9-3-10-20-38)39-21-11-4-12-22-39/h1-35H. The van der Waals surface area contributed by atoms with E-state index in [4.69, 9.17) is 0 Å². The van der Waals surface area contributed by atoms with Gasteiger partial charge in [-0.15, -0.1) is 0 Å². The number of rotatable bonds is 9. The molecule has 9 rings (SSSR count). The number of anilines is 9. The topological polar surface area (TPSA) is 9.72 Å². The van der Waals surface area contributed by atoms with Crippen molar-refractivity contribution in [2.75, 3.05) is 14.7 Å². The zero-order valence-electron chi connectivity index (χ0n) is 28.5. The Balaban J connectivity index is 1.16. The molecular weight excluding hydrogens is 698 g/mol. The smallest absolute Gasteiger partial charge is 0.0602 e. The number of benzene rings is 8. The molecule has 52 heavy (non-hydrogen) atoms. The van der Waals surface area contributed by atoms with Crippen LogP contribution in [0.1, 0.15) is 0 Å². The molecular formula is C48H35N3Se. The van der Waals surface area contributed by atoms with Gasteiger partial charge < -0.3 is 0 Å². The third-order valence-corrected chi connectivity index (χ3v) is 11.8. The van der Waals surface area contributed by atoms with Gasteiger partial charge in [0.05, 0.1) is 0 Å². The van der Waals surface area contributed by atoms with E-state index in [0.717, 1.165) is 51.2 Å². The molecule has 0 saturated heterocycles. The van der Waals surface area contributed by atoms with E-state index in [2.05, 4.69) is 227 Å². The van der Waals surface area contributed by atoms with Gasteiger partial charge in [-0.05, 0) is 0 Å². The number of hydrogen-bond acceptors (Lipinski definition) is 3. The first kappa shape index (κ1) is 31.6. The maximum atomic E-state index is 2.38. The first-order valence-electron chi connectivity index (χ1n) is 17.5. The van der Waals surface area contributed by atoms with Crippen LogP contribution in [0.5, 0.6) is 0 Å². The Bertz CT molecular complexity index is 2350. The maximum absolute atomic E-state index is 2.38. The Morgan fingerprint density at radius 3 is 0.923 bits per heavy atom. The van der Waals surface area contributed by atoms with Crippen molar-refractivity contribution in [1.29, 1.82) is 0 Å². The fourth-order valence-corrected chi connectivity index (χ4v) is 9.28. The van der Waals surface area contributed by atoms with Crippen molar-refractivity contribution in [3.63, 3.8) is 0 Å². The molecule has 0 aliphatic carbocycles. The molecule has 8 aromatic carbocycles. The van der Waals surface area contributed by atoms with Crippen molar-refractivity contribution in [3.05, 3.63) is 212 Å². The van der Waals surface area contributed by atoms with Gasteiger partial charge in [-0.25, -0.2) is 0 Å². The van der Waals surface area contributed by atoms with Gasteiger partial charge >= 0.3 is 239 Å². The van der Waals surface area contributed by atoms with E-state index in [0.29, 0.717) is 14.5 Å². The van der Waals surface area contributed by atoms with Gasteiger partial charge in [-0.2, -0.15) is 0 Å². The second kappa shape index (κ2) is 14.1. The molecule has 4 heteroatoms. The Morgan fingerprint density at radius 1 is 0.231 bits per heavy atom. The van der Waals surface area contributed by atoms with E-state index in [1.165, 1.54) is 19.3 Å². The molecule has 0 spiro atoms. The summed E-state index contributed by atoms with van der Waals surface area (Å²) >= 11 is 0.315. The molecule has 0 fully saturated rings. The van der Waals surface area contributed by atoms with Gasteiger partial charge in [0.1, 0.15) is 0 Å². The van der Waals surface area contributed by atoms with Gasteiger partial charge in [0, 0.05) is 0 Å². The molecule has 0 unspecified atom stereocenters. The molecule has 0 bridgehead atoms. The molecule has 1 aromatic heterocycles. The predicted molar refractivity (Wildman–Crippen MR) is 222 cm³/mol. The van der Waals surface area contributed by atoms with E-state index in [1.807, 2.05) is 0 Å². The second-order valence-corrected chi connectivity index (χ2v) is 14.9. The van der Waals surface area contributed by atoms with Gasteiger partial charge in [-0.1, -0.05) is 72.8 Å². The van der Waals surface area contributed by atoms with Crippen molar-refractivity contribution in [3.8, 4) is 0 Å².